The van der Waals surface area contributed by atoms with Gasteiger partial charge in [-0.25, -0.2) is 15.0 Å². The fourth-order valence-electron chi connectivity index (χ4n) is 6.35. The van der Waals surface area contributed by atoms with E-state index in [0.717, 1.165) is 60.9 Å². The highest BCUT2D eigenvalue weighted by atomic mass is 16.3. The van der Waals surface area contributed by atoms with Gasteiger partial charge in [-0.05, 0) is 63.4 Å². The summed E-state index contributed by atoms with van der Waals surface area (Å²) in [5.74, 6) is 1.77. The van der Waals surface area contributed by atoms with Crippen LogP contribution in [0.2, 0.25) is 0 Å². The lowest BCUT2D eigenvalue weighted by atomic mass is 9.99. The Morgan fingerprint density at radius 1 is 0.340 bits per heavy atom. The summed E-state index contributed by atoms with van der Waals surface area (Å²) in [5, 5.41) is 4.53. The molecule has 9 rings (SSSR count). The van der Waals surface area contributed by atoms with Crippen molar-refractivity contribution in [1.29, 1.82) is 0 Å². The van der Waals surface area contributed by atoms with Crippen molar-refractivity contribution in [3.8, 4) is 56.4 Å². The largest absolute Gasteiger partial charge is 0.455 e. The van der Waals surface area contributed by atoms with Crippen LogP contribution in [0.3, 0.4) is 0 Å². The molecular formula is C43H27N3O. The topological polar surface area (TPSA) is 51.8 Å². The van der Waals surface area contributed by atoms with Crippen molar-refractivity contribution in [3.63, 3.8) is 0 Å². The van der Waals surface area contributed by atoms with E-state index in [9.17, 15) is 0 Å². The number of furan rings is 1. The molecular weight excluding hydrogens is 574 g/mol. The number of para-hydroxylation sites is 2. The molecule has 0 fully saturated rings. The third-order valence-electron chi connectivity index (χ3n) is 8.71. The van der Waals surface area contributed by atoms with Crippen LogP contribution in [0.5, 0.6) is 0 Å². The summed E-state index contributed by atoms with van der Waals surface area (Å²) in [6.45, 7) is 0. The maximum Gasteiger partial charge on any atom is 0.167 e. The molecule has 0 aliphatic heterocycles. The Bertz CT molecular complexity index is 2590. The number of rotatable bonds is 5. The molecule has 0 unspecified atom stereocenters. The maximum absolute atomic E-state index is 6.42. The monoisotopic (exact) mass is 601 g/mol. The molecule has 0 aliphatic carbocycles. The van der Waals surface area contributed by atoms with E-state index >= 15 is 0 Å². The standard InChI is InChI=1S/C43H27N3O/c1-2-11-28(12-3-1)31-15-8-17-34(26-31)41-44-42(35-18-9-16-32(27-35)33-24-23-29-13-4-5-14-30(29)25-33)46-43(45-41)38-21-10-20-37-36-19-6-7-22-39(36)47-40(37)38/h1-27H. The summed E-state index contributed by atoms with van der Waals surface area (Å²) < 4.78 is 6.42. The lowest BCUT2D eigenvalue weighted by Crippen LogP contribution is -2.00. The molecule has 4 heteroatoms. The predicted molar refractivity (Wildman–Crippen MR) is 192 cm³/mol. The first-order chi connectivity index (χ1) is 23.3. The van der Waals surface area contributed by atoms with Gasteiger partial charge in [0, 0.05) is 21.9 Å². The Hall–Kier alpha value is -6.39. The van der Waals surface area contributed by atoms with Crippen molar-refractivity contribution < 1.29 is 4.42 Å². The number of nitrogens with zero attached hydrogens (tertiary/aromatic N) is 3. The first kappa shape index (κ1) is 27.0. The lowest BCUT2D eigenvalue weighted by molar-refractivity contribution is 0.669. The number of hydrogen-bond donors (Lipinski definition) is 0. The van der Waals surface area contributed by atoms with E-state index in [1.165, 1.54) is 10.8 Å². The molecule has 0 spiro atoms. The number of aromatic nitrogens is 3. The van der Waals surface area contributed by atoms with Gasteiger partial charge in [0.05, 0.1) is 5.56 Å². The highest BCUT2D eigenvalue weighted by Crippen LogP contribution is 2.36. The van der Waals surface area contributed by atoms with Crippen LogP contribution in [-0.4, -0.2) is 15.0 Å². The molecule has 0 bridgehead atoms. The van der Waals surface area contributed by atoms with E-state index in [-0.39, 0.29) is 0 Å². The van der Waals surface area contributed by atoms with Crippen LogP contribution in [0.4, 0.5) is 0 Å². The highest BCUT2D eigenvalue weighted by molar-refractivity contribution is 6.09. The van der Waals surface area contributed by atoms with Crippen LogP contribution in [0, 0.1) is 0 Å². The quantitative estimate of drug-likeness (QED) is 0.197. The first-order valence-electron chi connectivity index (χ1n) is 15.7. The Labute approximate surface area is 271 Å². The summed E-state index contributed by atoms with van der Waals surface area (Å²) in [6, 6.07) is 56.4. The molecule has 220 valence electrons. The van der Waals surface area contributed by atoms with Crippen molar-refractivity contribution in [3.05, 3.63) is 164 Å². The van der Waals surface area contributed by atoms with Crippen LogP contribution < -0.4 is 0 Å². The van der Waals surface area contributed by atoms with Gasteiger partial charge in [0.1, 0.15) is 11.2 Å². The number of fused-ring (bicyclic) bond motifs is 4. The highest BCUT2D eigenvalue weighted by Gasteiger charge is 2.18. The first-order valence-corrected chi connectivity index (χ1v) is 15.7. The second kappa shape index (κ2) is 11.2. The Balaban J connectivity index is 1.23. The molecule has 0 radical (unpaired) electrons. The Morgan fingerprint density at radius 3 is 1.68 bits per heavy atom. The van der Waals surface area contributed by atoms with Crippen molar-refractivity contribution in [1.82, 2.24) is 15.0 Å². The van der Waals surface area contributed by atoms with E-state index in [1.807, 2.05) is 36.4 Å². The minimum atomic E-state index is 0.566. The van der Waals surface area contributed by atoms with Crippen molar-refractivity contribution >= 4 is 32.7 Å². The summed E-state index contributed by atoms with van der Waals surface area (Å²) in [5.41, 5.74) is 8.74. The predicted octanol–water partition coefficient (Wildman–Crippen LogP) is 11.3. The van der Waals surface area contributed by atoms with Gasteiger partial charge < -0.3 is 4.42 Å². The van der Waals surface area contributed by atoms with E-state index in [4.69, 9.17) is 19.4 Å². The smallest absolute Gasteiger partial charge is 0.167 e. The van der Waals surface area contributed by atoms with Crippen molar-refractivity contribution in [2.24, 2.45) is 0 Å². The van der Waals surface area contributed by atoms with Crippen LogP contribution in [0.1, 0.15) is 0 Å². The minimum absolute atomic E-state index is 0.566. The summed E-state index contributed by atoms with van der Waals surface area (Å²) in [4.78, 5) is 15.3. The van der Waals surface area contributed by atoms with Gasteiger partial charge in [-0.3, -0.25) is 0 Å². The van der Waals surface area contributed by atoms with Crippen molar-refractivity contribution in [2.75, 3.05) is 0 Å². The summed E-state index contributed by atoms with van der Waals surface area (Å²) in [7, 11) is 0. The maximum atomic E-state index is 6.42. The second-order valence-electron chi connectivity index (χ2n) is 11.7. The minimum Gasteiger partial charge on any atom is -0.455 e. The van der Waals surface area contributed by atoms with Crippen LogP contribution >= 0.6 is 0 Å². The molecule has 7 aromatic carbocycles. The van der Waals surface area contributed by atoms with Gasteiger partial charge in [0.15, 0.2) is 17.5 Å². The van der Waals surface area contributed by atoms with E-state index in [1.54, 1.807) is 0 Å². The molecule has 2 heterocycles. The number of hydrogen-bond acceptors (Lipinski definition) is 4. The normalized spacial score (nSPS) is 11.4. The lowest BCUT2D eigenvalue weighted by Gasteiger charge is -2.11. The summed E-state index contributed by atoms with van der Waals surface area (Å²) in [6.07, 6.45) is 0. The van der Waals surface area contributed by atoms with Gasteiger partial charge in [0.25, 0.3) is 0 Å². The molecule has 47 heavy (non-hydrogen) atoms. The summed E-state index contributed by atoms with van der Waals surface area (Å²) >= 11 is 0. The Morgan fingerprint density at radius 2 is 0.894 bits per heavy atom. The fourth-order valence-corrected chi connectivity index (χ4v) is 6.35. The SMILES string of the molecule is c1ccc(-c2cccc(-c3nc(-c4cccc(-c5ccc6ccccc6c5)c4)nc(-c4cccc5c4oc4ccccc45)n3)c2)cc1. The Kier molecular flexibility index (Phi) is 6.43. The zero-order valence-corrected chi connectivity index (χ0v) is 25.3. The van der Waals surface area contributed by atoms with Gasteiger partial charge in [-0.2, -0.15) is 0 Å². The third-order valence-corrected chi connectivity index (χ3v) is 8.71. The average molecular weight is 602 g/mol. The van der Waals surface area contributed by atoms with Crippen LogP contribution in [-0.2, 0) is 0 Å². The van der Waals surface area contributed by atoms with Gasteiger partial charge in [-0.1, -0.05) is 133 Å². The van der Waals surface area contributed by atoms with E-state index in [2.05, 4.69) is 127 Å². The van der Waals surface area contributed by atoms with Gasteiger partial charge >= 0.3 is 0 Å². The van der Waals surface area contributed by atoms with Crippen LogP contribution in [0.25, 0.3) is 89.1 Å². The van der Waals surface area contributed by atoms with E-state index in [0.29, 0.717) is 17.5 Å². The molecule has 0 saturated heterocycles. The van der Waals surface area contributed by atoms with Gasteiger partial charge in [0.2, 0.25) is 0 Å². The molecule has 0 atom stereocenters. The zero-order valence-electron chi connectivity index (χ0n) is 25.3. The van der Waals surface area contributed by atoms with E-state index < -0.39 is 0 Å². The zero-order chi connectivity index (χ0) is 31.2. The third kappa shape index (κ3) is 4.93. The molecule has 0 aliphatic rings. The second-order valence-corrected chi connectivity index (χ2v) is 11.7. The fraction of sp³-hybridized carbons (Fsp3) is 0. The molecule has 4 nitrogen and oxygen atoms in total. The molecule has 2 aromatic heterocycles. The average Bonchev–Trinajstić information content (AvgIpc) is 3.54. The van der Waals surface area contributed by atoms with Crippen molar-refractivity contribution in [2.45, 2.75) is 0 Å². The molecule has 0 saturated carbocycles. The van der Waals surface area contributed by atoms with Gasteiger partial charge in [-0.15, -0.1) is 0 Å². The van der Waals surface area contributed by atoms with Crippen LogP contribution in [0.15, 0.2) is 168 Å². The molecule has 0 N–H and O–H groups in total. The molecule has 0 amide bonds. The molecule has 9 aromatic rings. The number of benzene rings is 7.